The van der Waals surface area contributed by atoms with E-state index in [1.54, 1.807) is 36.4 Å². The van der Waals surface area contributed by atoms with Crippen LogP contribution in [-0.4, -0.2) is 50.8 Å². The number of hydrogen-bond acceptors (Lipinski definition) is 6. The molecular weight excluding hydrogens is 504 g/mol. The minimum atomic E-state index is -2.45. The number of ether oxygens (including phenoxy) is 2. The normalized spacial score (nSPS) is 26.3. The quantitative estimate of drug-likeness (QED) is 0.264. The van der Waals surface area contributed by atoms with E-state index in [0.29, 0.717) is 16.7 Å². The average molecular weight is 539 g/mol. The Morgan fingerprint density at radius 3 is 1.52 bits per heavy atom. The topological polar surface area (TPSA) is 96.2 Å². The summed E-state index contributed by atoms with van der Waals surface area (Å²) in [5, 5.41) is 37.5. The standard InChI is InChI=1S/C34H34O6/c35-31-33(37,22-27-15-7-2-8-16-27)34(38,23-28-17-9-3-10-18-28)32(36,21-26-13-5-1-6-14-26)30(40-31)25-39-24-29-19-11-4-12-20-29/h1-20,30,36-38H,21-25H2/t30-,32-,33+,34+/m1/s1. The second kappa shape index (κ2) is 11.7. The van der Waals surface area contributed by atoms with Crippen molar-refractivity contribution in [1.82, 2.24) is 0 Å². The molecule has 4 atom stereocenters. The SMILES string of the molecule is O=C1O[C@H](COCc2ccccc2)[C@](O)(Cc2ccccc2)[C@@](O)(Cc2ccccc2)[C@]1(O)Cc1ccccc1. The van der Waals surface area contributed by atoms with Crippen LogP contribution >= 0.6 is 0 Å². The lowest BCUT2D eigenvalue weighted by atomic mass is 9.60. The fraction of sp³-hybridized carbons (Fsp3) is 0.265. The number of rotatable bonds is 10. The molecule has 5 rings (SSSR count). The van der Waals surface area contributed by atoms with Crippen molar-refractivity contribution in [3.05, 3.63) is 144 Å². The molecule has 6 nitrogen and oxygen atoms in total. The third kappa shape index (κ3) is 5.44. The van der Waals surface area contributed by atoms with Crippen LogP contribution in [0.15, 0.2) is 121 Å². The zero-order valence-electron chi connectivity index (χ0n) is 22.2. The van der Waals surface area contributed by atoms with Gasteiger partial charge in [-0.3, -0.25) is 0 Å². The van der Waals surface area contributed by atoms with Gasteiger partial charge in [0.05, 0.1) is 13.2 Å². The highest BCUT2D eigenvalue weighted by atomic mass is 16.6. The molecule has 1 saturated heterocycles. The van der Waals surface area contributed by atoms with Gasteiger partial charge in [0.2, 0.25) is 0 Å². The van der Waals surface area contributed by atoms with E-state index in [1.807, 2.05) is 84.9 Å². The molecule has 0 aliphatic carbocycles. The molecule has 1 aliphatic rings. The van der Waals surface area contributed by atoms with Gasteiger partial charge >= 0.3 is 5.97 Å². The van der Waals surface area contributed by atoms with E-state index < -0.39 is 28.9 Å². The molecule has 206 valence electrons. The van der Waals surface area contributed by atoms with Crippen LogP contribution < -0.4 is 0 Å². The van der Waals surface area contributed by atoms with Gasteiger partial charge < -0.3 is 24.8 Å². The van der Waals surface area contributed by atoms with Crippen LogP contribution in [-0.2, 0) is 40.1 Å². The number of aliphatic hydroxyl groups is 3. The van der Waals surface area contributed by atoms with Gasteiger partial charge in [-0.1, -0.05) is 121 Å². The van der Waals surface area contributed by atoms with Crippen molar-refractivity contribution in [1.29, 1.82) is 0 Å². The molecule has 1 aliphatic heterocycles. The predicted molar refractivity (Wildman–Crippen MR) is 151 cm³/mol. The molecule has 4 aromatic carbocycles. The van der Waals surface area contributed by atoms with Gasteiger partial charge in [0, 0.05) is 19.3 Å². The molecule has 0 spiro atoms. The lowest BCUT2D eigenvalue weighted by Crippen LogP contribution is -2.81. The first-order valence-corrected chi connectivity index (χ1v) is 13.5. The maximum Gasteiger partial charge on any atom is 0.342 e. The summed E-state index contributed by atoms with van der Waals surface area (Å²) in [6, 6.07) is 36.7. The first-order valence-electron chi connectivity index (χ1n) is 13.5. The van der Waals surface area contributed by atoms with Gasteiger partial charge in [-0.2, -0.15) is 0 Å². The molecule has 0 unspecified atom stereocenters. The average Bonchev–Trinajstić information content (AvgIpc) is 2.97. The third-order valence-corrected chi connectivity index (χ3v) is 7.82. The molecule has 0 aromatic heterocycles. The number of esters is 1. The van der Waals surface area contributed by atoms with Gasteiger partial charge in [0.25, 0.3) is 0 Å². The van der Waals surface area contributed by atoms with E-state index in [2.05, 4.69) is 0 Å². The van der Waals surface area contributed by atoms with Crippen molar-refractivity contribution in [3.8, 4) is 0 Å². The highest BCUT2D eigenvalue weighted by Gasteiger charge is 2.72. The molecule has 3 N–H and O–H groups in total. The fourth-order valence-corrected chi connectivity index (χ4v) is 5.61. The number of carbonyl (C=O) groups is 1. The van der Waals surface area contributed by atoms with E-state index in [9.17, 15) is 20.1 Å². The maximum absolute atomic E-state index is 13.7. The smallest absolute Gasteiger partial charge is 0.342 e. The maximum atomic E-state index is 13.7. The molecule has 0 radical (unpaired) electrons. The van der Waals surface area contributed by atoms with Gasteiger partial charge in [0.1, 0.15) is 11.2 Å². The van der Waals surface area contributed by atoms with Crippen LogP contribution in [0.3, 0.4) is 0 Å². The van der Waals surface area contributed by atoms with E-state index in [1.165, 1.54) is 0 Å². The van der Waals surface area contributed by atoms with Crippen LogP contribution in [0.2, 0.25) is 0 Å². The van der Waals surface area contributed by atoms with Crippen molar-refractivity contribution in [2.24, 2.45) is 0 Å². The van der Waals surface area contributed by atoms with Gasteiger partial charge in [0.15, 0.2) is 11.7 Å². The lowest BCUT2D eigenvalue weighted by Gasteiger charge is -2.57. The summed E-state index contributed by atoms with van der Waals surface area (Å²) in [4.78, 5) is 13.7. The third-order valence-electron chi connectivity index (χ3n) is 7.82. The van der Waals surface area contributed by atoms with Gasteiger partial charge in [-0.25, -0.2) is 4.79 Å². The Balaban J connectivity index is 1.58. The minimum absolute atomic E-state index is 0.0824. The van der Waals surface area contributed by atoms with E-state index in [4.69, 9.17) is 9.47 Å². The molecule has 0 amide bonds. The monoisotopic (exact) mass is 538 g/mol. The largest absolute Gasteiger partial charge is 0.454 e. The van der Waals surface area contributed by atoms with Crippen molar-refractivity contribution >= 4 is 5.97 Å². The summed E-state index contributed by atoms with van der Waals surface area (Å²) in [6.45, 7) is 0.0458. The van der Waals surface area contributed by atoms with E-state index in [-0.39, 0.29) is 32.5 Å². The van der Waals surface area contributed by atoms with Crippen molar-refractivity contribution in [2.45, 2.75) is 48.8 Å². The molecule has 0 saturated carbocycles. The zero-order valence-corrected chi connectivity index (χ0v) is 22.2. The van der Waals surface area contributed by atoms with Crippen molar-refractivity contribution < 1.29 is 29.6 Å². The number of cyclic esters (lactones) is 1. The van der Waals surface area contributed by atoms with Crippen LogP contribution in [0.1, 0.15) is 22.3 Å². The summed E-state index contributed by atoms with van der Waals surface area (Å²) in [6.07, 6.45) is -1.77. The number of carbonyl (C=O) groups excluding carboxylic acids is 1. The van der Waals surface area contributed by atoms with E-state index in [0.717, 1.165) is 5.56 Å². The molecule has 1 heterocycles. The molecular formula is C34H34O6. The van der Waals surface area contributed by atoms with E-state index >= 15 is 0 Å². The Hall–Kier alpha value is -3.81. The van der Waals surface area contributed by atoms with Crippen LogP contribution in [0.25, 0.3) is 0 Å². The predicted octanol–water partition coefficient (Wildman–Crippen LogP) is 4.05. The summed E-state index contributed by atoms with van der Waals surface area (Å²) < 4.78 is 11.7. The lowest BCUT2D eigenvalue weighted by molar-refractivity contribution is -0.312. The summed E-state index contributed by atoms with van der Waals surface area (Å²) in [5.74, 6) is -0.999. The minimum Gasteiger partial charge on any atom is -0.454 e. The summed E-state index contributed by atoms with van der Waals surface area (Å²) >= 11 is 0. The fourth-order valence-electron chi connectivity index (χ4n) is 5.61. The van der Waals surface area contributed by atoms with Crippen LogP contribution in [0, 0.1) is 0 Å². The molecule has 6 heteroatoms. The Bertz CT molecular complexity index is 1380. The Kier molecular flexibility index (Phi) is 8.14. The molecule has 4 aromatic rings. The van der Waals surface area contributed by atoms with Crippen LogP contribution in [0.5, 0.6) is 0 Å². The van der Waals surface area contributed by atoms with Crippen LogP contribution in [0.4, 0.5) is 0 Å². The molecule has 1 fully saturated rings. The molecule has 0 bridgehead atoms. The summed E-state index contributed by atoms with van der Waals surface area (Å²) in [5.41, 5.74) is -4.01. The first kappa shape index (κ1) is 27.7. The highest BCUT2D eigenvalue weighted by molar-refractivity contribution is 5.84. The van der Waals surface area contributed by atoms with Gasteiger partial charge in [-0.05, 0) is 22.3 Å². The van der Waals surface area contributed by atoms with Crippen molar-refractivity contribution in [2.75, 3.05) is 6.61 Å². The number of benzene rings is 4. The van der Waals surface area contributed by atoms with Gasteiger partial charge in [-0.15, -0.1) is 0 Å². The molecule has 40 heavy (non-hydrogen) atoms. The Labute approximate surface area is 234 Å². The summed E-state index contributed by atoms with van der Waals surface area (Å²) in [7, 11) is 0. The highest BCUT2D eigenvalue weighted by Crippen LogP contribution is 2.47. The van der Waals surface area contributed by atoms with Crippen molar-refractivity contribution in [3.63, 3.8) is 0 Å². The second-order valence-electron chi connectivity index (χ2n) is 10.5. The second-order valence-corrected chi connectivity index (χ2v) is 10.5. The number of hydrogen-bond donors (Lipinski definition) is 3. The first-order chi connectivity index (χ1) is 19.3. The zero-order chi connectivity index (χ0) is 28.1. The Morgan fingerprint density at radius 1 is 0.600 bits per heavy atom. The Morgan fingerprint density at radius 2 is 1.02 bits per heavy atom.